The minimum atomic E-state index is -4.06. The van der Waals surface area contributed by atoms with Crippen molar-refractivity contribution in [2.24, 2.45) is 0 Å². The number of hydrogen-bond acceptors (Lipinski definition) is 4. The molecule has 1 aromatic rings. The summed E-state index contributed by atoms with van der Waals surface area (Å²) in [5, 5.41) is 17.7. The number of halogens is 1. The molecule has 7 heteroatoms. The SMILES string of the molecule is O=C(O)Cc1ccc(O)c(S(=O)(=O)Cl)c1. The molecule has 0 aliphatic heterocycles. The average Bonchev–Trinajstić information content (AvgIpc) is 2.05. The van der Waals surface area contributed by atoms with E-state index in [-0.39, 0.29) is 12.0 Å². The summed E-state index contributed by atoms with van der Waals surface area (Å²) in [5.74, 6) is -1.60. The van der Waals surface area contributed by atoms with Crippen molar-refractivity contribution in [1.29, 1.82) is 0 Å². The number of hydrogen-bond donors (Lipinski definition) is 2. The highest BCUT2D eigenvalue weighted by Crippen LogP contribution is 2.26. The Balaban J connectivity index is 3.23. The van der Waals surface area contributed by atoms with Crippen molar-refractivity contribution in [2.45, 2.75) is 11.3 Å². The fourth-order valence-electron chi connectivity index (χ4n) is 1.04. The van der Waals surface area contributed by atoms with Gasteiger partial charge >= 0.3 is 5.97 Å². The second-order valence-corrected chi connectivity index (χ2v) is 5.34. The van der Waals surface area contributed by atoms with Crippen molar-refractivity contribution in [3.8, 4) is 5.75 Å². The van der Waals surface area contributed by atoms with Gasteiger partial charge in [-0.15, -0.1) is 0 Å². The molecule has 0 heterocycles. The smallest absolute Gasteiger partial charge is 0.307 e. The first kappa shape index (κ1) is 11.8. The van der Waals surface area contributed by atoms with Crippen LogP contribution in [-0.4, -0.2) is 24.6 Å². The zero-order chi connectivity index (χ0) is 11.6. The highest BCUT2D eigenvalue weighted by molar-refractivity contribution is 8.13. The molecule has 0 amide bonds. The molecule has 0 atom stereocenters. The standard InChI is InChI=1S/C8H7ClO5S/c9-15(13,14)7-3-5(4-8(11)12)1-2-6(7)10/h1-3,10H,4H2,(H,11,12). The Morgan fingerprint density at radius 2 is 2.00 bits per heavy atom. The third-order valence-corrected chi connectivity index (χ3v) is 2.99. The number of rotatable bonds is 3. The van der Waals surface area contributed by atoms with Crippen molar-refractivity contribution in [1.82, 2.24) is 0 Å². The molecule has 1 aromatic carbocycles. The van der Waals surface area contributed by atoms with Gasteiger partial charge in [0, 0.05) is 10.7 Å². The molecule has 0 saturated carbocycles. The van der Waals surface area contributed by atoms with Crippen LogP contribution in [0.5, 0.6) is 5.75 Å². The van der Waals surface area contributed by atoms with Gasteiger partial charge in [-0.1, -0.05) is 6.07 Å². The second kappa shape index (κ2) is 4.08. The van der Waals surface area contributed by atoms with Gasteiger partial charge < -0.3 is 10.2 Å². The van der Waals surface area contributed by atoms with E-state index in [0.717, 1.165) is 12.1 Å². The summed E-state index contributed by atoms with van der Waals surface area (Å²) in [6.07, 6.45) is -0.334. The van der Waals surface area contributed by atoms with Gasteiger partial charge in [-0.05, 0) is 17.7 Å². The zero-order valence-corrected chi connectivity index (χ0v) is 8.92. The second-order valence-electron chi connectivity index (χ2n) is 2.81. The molecule has 0 bridgehead atoms. The van der Waals surface area contributed by atoms with E-state index in [1.54, 1.807) is 0 Å². The van der Waals surface area contributed by atoms with Crippen molar-refractivity contribution in [3.63, 3.8) is 0 Å². The van der Waals surface area contributed by atoms with Gasteiger partial charge in [0.1, 0.15) is 10.6 Å². The first-order valence-electron chi connectivity index (χ1n) is 3.79. The van der Waals surface area contributed by atoms with E-state index in [0.29, 0.717) is 0 Å². The summed E-state index contributed by atoms with van der Waals surface area (Å²) in [5.41, 5.74) is 0.250. The van der Waals surface area contributed by atoms with Gasteiger partial charge in [-0.2, -0.15) is 0 Å². The molecule has 0 aromatic heterocycles. The Bertz CT molecular complexity index is 494. The lowest BCUT2D eigenvalue weighted by atomic mass is 10.1. The Labute approximate surface area is 90.3 Å². The maximum absolute atomic E-state index is 10.9. The van der Waals surface area contributed by atoms with Crippen molar-refractivity contribution < 1.29 is 23.4 Å². The summed E-state index contributed by atoms with van der Waals surface area (Å²) in [6.45, 7) is 0. The summed E-state index contributed by atoms with van der Waals surface area (Å²) in [4.78, 5) is 9.89. The Hall–Kier alpha value is -1.27. The summed E-state index contributed by atoms with van der Waals surface area (Å²) in [6, 6.07) is 3.44. The van der Waals surface area contributed by atoms with Crippen LogP contribution in [0.15, 0.2) is 23.1 Å². The topological polar surface area (TPSA) is 91.7 Å². The molecule has 2 N–H and O–H groups in total. The molecule has 15 heavy (non-hydrogen) atoms. The van der Waals surface area contributed by atoms with Crippen molar-refractivity contribution in [2.75, 3.05) is 0 Å². The van der Waals surface area contributed by atoms with Crippen LogP contribution in [0.1, 0.15) is 5.56 Å². The van der Waals surface area contributed by atoms with Gasteiger partial charge in [-0.3, -0.25) is 4.79 Å². The molecule has 0 spiro atoms. The van der Waals surface area contributed by atoms with E-state index in [1.807, 2.05) is 0 Å². The molecule has 0 radical (unpaired) electrons. The average molecular weight is 251 g/mol. The van der Waals surface area contributed by atoms with Crippen LogP contribution in [0.3, 0.4) is 0 Å². The lowest BCUT2D eigenvalue weighted by Gasteiger charge is -2.03. The maximum Gasteiger partial charge on any atom is 0.307 e. The van der Waals surface area contributed by atoms with E-state index in [4.69, 9.17) is 15.8 Å². The van der Waals surface area contributed by atoms with Crippen LogP contribution < -0.4 is 0 Å². The van der Waals surface area contributed by atoms with Gasteiger partial charge in [-0.25, -0.2) is 8.42 Å². The van der Waals surface area contributed by atoms with Crippen LogP contribution in [0, 0.1) is 0 Å². The first-order valence-corrected chi connectivity index (χ1v) is 6.10. The van der Waals surface area contributed by atoms with Crippen molar-refractivity contribution >= 4 is 25.7 Å². The summed E-state index contributed by atoms with van der Waals surface area (Å²) in [7, 11) is 0.975. The molecule has 82 valence electrons. The van der Waals surface area contributed by atoms with Gasteiger partial charge in [0.15, 0.2) is 0 Å². The minimum Gasteiger partial charge on any atom is -0.507 e. The van der Waals surface area contributed by atoms with Gasteiger partial charge in [0.25, 0.3) is 9.05 Å². The summed E-state index contributed by atoms with van der Waals surface area (Å²) < 4.78 is 21.9. The molecule has 0 saturated heterocycles. The maximum atomic E-state index is 10.9. The number of aliphatic carboxylic acids is 1. The zero-order valence-electron chi connectivity index (χ0n) is 7.34. The quantitative estimate of drug-likeness (QED) is 0.779. The highest BCUT2D eigenvalue weighted by Gasteiger charge is 2.16. The third-order valence-electron chi connectivity index (χ3n) is 1.64. The normalized spacial score (nSPS) is 11.3. The fourth-order valence-corrected chi connectivity index (χ4v) is 2.02. The monoisotopic (exact) mass is 250 g/mol. The Kier molecular flexibility index (Phi) is 3.21. The van der Waals surface area contributed by atoms with Crippen LogP contribution in [0.2, 0.25) is 0 Å². The predicted molar refractivity (Wildman–Crippen MR) is 52.5 cm³/mol. The highest BCUT2D eigenvalue weighted by atomic mass is 35.7. The molecule has 0 fully saturated rings. The third kappa shape index (κ3) is 3.10. The number of phenols is 1. The molecule has 0 unspecified atom stereocenters. The number of carbonyl (C=O) groups is 1. The van der Waals surface area contributed by atoms with E-state index in [9.17, 15) is 18.3 Å². The summed E-state index contributed by atoms with van der Waals surface area (Å²) >= 11 is 0. The molecule has 1 rings (SSSR count). The van der Waals surface area contributed by atoms with E-state index >= 15 is 0 Å². The first-order chi connectivity index (χ1) is 6.80. The van der Waals surface area contributed by atoms with E-state index < -0.39 is 25.7 Å². The fraction of sp³-hybridized carbons (Fsp3) is 0.125. The van der Waals surface area contributed by atoms with Crippen LogP contribution in [-0.2, 0) is 20.3 Å². The number of benzene rings is 1. The Morgan fingerprint density at radius 1 is 1.40 bits per heavy atom. The van der Waals surface area contributed by atoms with Crippen molar-refractivity contribution in [3.05, 3.63) is 23.8 Å². The molecule has 5 nitrogen and oxygen atoms in total. The van der Waals surface area contributed by atoms with Crippen LogP contribution >= 0.6 is 10.7 Å². The molecular weight excluding hydrogens is 244 g/mol. The molecule has 0 aliphatic carbocycles. The number of carboxylic acid groups (broad SMARTS) is 1. The number of aromatic hydroxyl groups is 1. The van der Waals surface area contributed by atoms with Crippen LogP contribution in [0.25, 0.3) is 0 Å². The number of carboxylic acids is 1. The Morgan fingerprint density at radius 3 is 2.47 bits per heavy atom. The molecular formula is C8H7ClO5S. The van der Waals surface area contributed by atoms with Crippen LogP contribution in [0.4, 0.5) is 0 Å². The van der Waals surface area contributed by atoms with E-state index in [1.165, 1.54) is 6.07 Å². The van der Waals surface area contributed by atoms with E-state index in [2.05, 4.69) is 0 Å². The van der Waals surface area contributed by atoms with Gasteiger partial charge in [0.2, 0.25) is 0 Å². The largest absolute Gasteiger partial charge is 0.507 e. The lowest BCUT2D eigenvalue weighted by molar-refractivity contribution is -0.136. The number of phenolic OH excluding ortho intramolecular Hbond substituents is 1. The molecule has 0 aliphatic rings. The predicted octanol–water partition coefficient (Wildman–Crippen LogP) is 0.947. The minimum absolute atomic E-state index is 0.250. The lowest BCUT2D eigenvalue weighted by Crippen LogP contribution is -2.01. The van der Waals surface area contributed by atoms with Gasteiger partial charge in [0.05, 0.1) is 6.42 Å².